The molecule has 3 aromatic rings. The minimum Gasteiger partial charge on any atom is -0.352 e. The second-order valence-electron chi connectivity index (χ2n) is 10.2. The van der Waals surface area contributed by atoms with Crippen LogP contribution in [0.15, 0.2) is 78.9 Å². The molecule has 0 spiro atoms. The average Bonchev–Trinajstić information content (AvgIpc) is 2.92. The Morgan fingerprint density at radius 1 is 0.865 bits per heavy atom. The van der Waals surface area contributed by atoms with E-state index in [-0.39, 0.29) is 30.2 Å². The van der Waals surface area contributed by atoms with Gasteiger partial charge in [0.05, 0.1) is 0 Å². The maximum absolute atomic E-state index is 13.8. The van der Waals surface area contributed by atoms with E-state index in [1.54, 1.807) is 17.0 Å². The first-order valence-electron chi connectivity index (χ1n) is 13.4. The molecule has 2 amide bonds. The molecule has 1 saturated carbocycles. The zero-order chi connectivity index (χ0) is 26.0. The molecule has 1 N–H and O–H groups in total. The Bertz CT molecular complexity index is 1140. The topological polar surface area (TPSA) is 49.4 Å². The molecule has 4 rings (SSSR count). The van der Waals surface area contributed by atoms with E-state index in [2.05, 4.69) is 5.32 Å². The number of carbonyl (C=O) groups excluding carboxylic acids is 2. The number of nitrogens with one attached hydrogen (secondary N) is 1. The monoisotopic (exact) mass is 500 g/mol. The van der Waals surface area contributed by atoms with E-state index < -0.39 is 6.04 Å². The highest BCUT2D eigenvalue weighted by Gasteiger charge is 2.31. The standard InChI is InChI=1S/C32H37FN2O2/c1-24-12-14-25(15-13-24)18-21-31(36)35(23-27-16-19-28(33)20-17-27)30(22-26-8-4-2-5-9-26)32(37)34-29-10-6-3-7-11-29/h2,4-5,8-9,12-17,19-20,29-30H,3,6-7,10-11,18,21-23H2,1H3,(H,34,37). The predicted molar refractivity (Wildman–Crippen MR) is 145 cm³/mol. The summed E-state index contributed by atoms with van der Waals surface area (Å²) in [7, 11) is 0. The Balaban J connectivity index is 1.59. The first kappa shape index (κ1) is 26.6. The molecule has 1 aliphatic carbocycles. The fourth-order valence-corrected chi connectivity index (χ4v) is 5.03. The third-order valence-electron chi connectivity index (χ3n) is 7.24. The van der Waals surface area contributed by atoms with Gasteiger partial charge in [-0.3, -0.25) is 9.59 Å². The lowest BCUT2D eigenvalue weighted by Crippen LogP contribution is -2.52. The average molecular weight is 501 g/mol. The number of hydrogen-bond acceptors (Lipinski definition) is 2. The summed E-state index contributed by atoms with van der Waals surface area (Å²) in [4.78, 5) is 29.2. The minimum atomic E-state index is -0.653. The molecule has 0 bridgehead atoms. The number of nitrogens with zero attached hydrogens (tertiary/aromatic N) is 1. The summed E-state index contributed by atoms with van der Waals surface area (Å²) in [6.45, 7) is 2.29. The number of carbonyl (C=O) groups is 2. The lowest BCUT2D eigenvalue weighted by atomic mass is 9.94. The van der Waals surface area contributed by atoms with Crippen molar-refractivity contribution in [2.24, 2.45) is 0 Å². The van der Waals surface area contributed by atoms with Crippen LogP contribution in [-0.4, -0.2) is 28.8 Å². The molecule has 1 fully saturated rings. The highest BCUT2D eigenvalue weighted by molar-refractivity contribution is 5.88. The van der Waals surface area contributed by atoms with Crippen molar-refractivity contribution in [3.8, 4) is 0 Å². The molecule has 1 aliphatic rings. The van der Waals surface area contributed by atoms with Crippen LogP contribution in [0, 0.1) is 12.7 Å². The van der Waals surface area contributed by atoms with Gasteiger partial charge in [0.15, 0.2) is 0 Å². The molecule has 0 radical (unpaired) electrons. The molecule has 4 nitrogen and oxygen atoms in total. The first-order chi connectivity index (χ1) is 18.0. The van der Waals surface area contributed by atoms with Crippen molar-refractivity contribution >= 4 is 11.8 Å². The van der Waals surface area contributed by atoms with Crippen LogP contribution in [0.1, 0.15) is 60.8 Å². The van der Waals surface area contributed by atoms with Gasteiger partial charge >= 0.3 is 0 Å². The largest absolute Gasteiger partial charge is 0.352 e. The summed E-state index contributed by atoms with van der Waals surface area (Å²) in [5, 5.41) is 3.26. The summed E-state index contributed by atoms with van der Waals surface area (Å²) >= 11 is 0. The molecule has 37 heavy (non-hydrogen) atoms. The van der Waals surface area contributed by atoms with Crippen molar-refractivity contribution in [3.05, 3.63) is 107 Å². The molecule has 0 aliphatic heterocycles. The summed E-state index contributed by atoms with van der Waals surface area (Å²) in [5.74, 6) is -0.511. The van der Waals surface area contributed by atoms with Crippen LogP contribution in [0.5, 0.6) is 0 Å². The van der Waals surface area contributed by atoms with E-state index in [0.717, 1.165) is 42.4 Å². The minimum absolute atomic E-state index is 0.0791. The fourth-order valence-electron chi connectivity index (χ4n) is 5.03. The van der Waals surface area contributed by atoms with Gasteiger partial charge in [0.25, 0.3) is 0 Å². The summed E-state index contributed by atoms with van der Waals surface area (Å²) in [5.41, 5.74) is 4.07. The Kier molecular flexibility index (Phi) is 9.47. The van der Waals surface area contributed by atoms with E-state index in [4.69, 9.17) is 0 Å². The first-order valence-corrected chi connectivity index (χ1v) is 13.4. The molecule has 0 aromatic heterocycles. The van der Waals surface area contributed by atoms with Crippen molar-refractivity contribution in [2.45, 2.75) is 76.9 Å². The van der Waals surface area contributed by atoms with Crippen LogP contribution in [0.2, 0.25) is 0 Å². The normalized spacial score (nSPS) is 14.6. The number of aryl methyl sites for hydroxylation is 2. The third-order valence-corrected chi connectivity index (χ3v) is 7.24. The molecule has 1 atom stereocenters. The highest BCUT2D eigenvalue weighted by atomic mass is 19.1. The van der Waals surface area contributed by atoms with Crippen molar-refractivity contribution in [1.29, 1.82) is 0 Å². The van der Waals surface area contributed by atoms with Crippen molar-refractivity contribution in [3.63, 3.8) is 0 Å². The molecule has 0 saturated heterocycles. The fraction of sp³-hybridized carbons (Fsp3) is 0.375. The maximum atomic E-state index is 13.8. The SMILES string of the molecule is Cc1ccc(CCC(=O)N(Cc2ccc(F)cc2)C(Cc2ccccc2)C(=O)NC2CCCCC2)cc1. The molecule has 5 heteroatoms. The molecular formula is C32H37FN2O2. The Labute approximate surface area is 219 Å². The van der Waals surface area contributed by atoms with Gasteiger partial charge in [-0.25, -0.2) is 4.39 Å². The molecule has 194 valence electrons. The number of hydrogen-bond donors (Lipinski definition) is 1. The molecular weight excluding hydrogens is 463 g/mol. The Hall–Kier alpha value is -3.47. The zero-order valence-electron chi connectivity index (χ0n) is 21.7. The lowest BCUT2D eigenvalue weighted by Gasteiger charge is -2.33. The molecule has 0 heterocycles. The molecule has 1 unspecified atom stereocenters. The van der Waals surface area contributed by atoms with E-state index in [0.29, 0.717) is 19.3 Å². The Morgan fingerprint density at radius 3 is 2.19 bits per heavy atom. The van der Waals surface area contributed by atoms with Crippen molar-refractivity contribution < 1.29 is 14.0 Å². The zero-order valence-corrected chi connectivity index (χ0v) is 21.7. The summed E-state index contributed by atoms with van der Waals surface area (Å²) in [6, 6.07) is 23.7. The third kappa shape index (κ3) is 8.01. The second kappa shape index (κ2) is 13.2. The number of halogens is 1. The van der Waals surface area contributed by atoms with E-state index in [1.807, 2.05) is 61.5 Å². The smallest absolute Gasteiger partial charge is 0.243 e. The van der Waals surface area contributed by atoms with Crippen LogP contribution in [-0.2, 0) is 29.0 Å². The van der Waals surface area contributed by atoms with E-state index in [9.17, 15) is 14.0 Å². The number of amides is 2. The van der Waals surface area contributed by atoms with Gasteiger partial charge < -0.3 is 10.2 Å². The number of rotatable bonds is 10. The number of benzene rings is 3. The lowest BCUT2D eigenvalue weighted by molar-refractivity contribution is -0.141. The van der Waals surface area contributed by atoms with Crippen LogP contribution < -0.4 is 5.32 Å². The predicted octanol–water partition coefficient (Wildman–Crippen LogP) is 6.16. The highest BCUT2D eigenvalue weighted by Crippen LogP contribution is 2.21. The van der Waals surface area contributed by atoms with Gasteiger partial charge in [-0.2, -0.15) is 0 Å². The van der Waals surface area contributed by atoms with Crippen LogP contribution >= 0.6 is 0 Å². The van der Waals surface area contributed by atoms with Gasteiger partial charge in [0.1, 0.15) is 11.9 Å². The van der Waals surface area contributed by atoms with Crippen LogP contribution in [0.3, 0.4) is 0 Å². The summed E-state index contributed by atoms with van der Waals surface area (Å²) in [6.07, 6.45) is 6.71. The Morgan fingerprint density at radius 2 is 1.51 bits per heavy atom. The van der Waals surface area contributed by atoms with Crippen molar-refractivity contribution in [2.75, 3.05) is 0 Å². The van der Waals surface area contributed by atoms with E-state index >= 15 is 0 Å². The maximum Gasteiger partial charge on any atom is 0.243 e. The van der Waals surface area contributed by atoms with Gasteiger partial charge in [0.2, 0.25) is 11.8 Å². The van der Waals surface area contributed by atoms with Gasteiger partial charge in [0, 0.05) is 25.4 Å². The van der Waals surface area contributed by atoms with Gasteiger partial charge in [-0.05, 0) is 55.0 Å². The van der Waals surface area contributed by atoms with Gasteiger partial charge in [-0.1, -0.05) is 91.6 Å². The quantitative estimate of drug-likeness (QED) is 0.363. The summed E-state index contributed by atoms with van der Waals surface area (Å²) < 4.78 is 13.6. The van der Waals surface area contributed by atoms with Crippen LogP contribution in [0.4, 0.5) is 4.39 Å². The van der Waals surface area contributed by atoms with Gasteiger partial charge in [-0.15, -0.1) is 0 Å². The van der Waals surface area contributed by atoms with E-state index in [1.165, 1.54) is 24.1 Å². The van der Waals surface area contributed by atoms with Crippen LogP contribution in [0.25, 0.3) is 0 Å². The van der Waals surface area contributed by atoms with Crippen molar-refractivity contribution in [1.82, 2.24) is 10.2 Å². The molecule has 3 aromatic carbocycles. The second-order valence-corrected chi connectivity index (χ2v) is 10.2.